The van der Waals surface area contributed by atoms with Gasteiger partial charge < -0.3 is 0 Å². The third kappa shape index (κ3) is 2.99. The summed E-state index contributed by atoms with van der Waals surface area (Å²) in [5, 5.41) is 2.09. The molecule has 0 saturated heterocycles. The third-order valence-corrected chi connectivity index (χ3v) is 13.5. The first-order valence-corrected chi connectivity index (χ1v) is 13.6. The Morgan fingerprint density at radius 3 is 1.88 bits per heavy atom. The molecule has 0 aromatic carbocycles. The highest BCUT2D eigenvalue weighted by atomic mass is 32.3. The van der Waals surface area contributed by atoms with Crippen molar-refractivity contribution in [3.05, 3.63) is 0 Å². The maximum absolute atomic E-state index is 2.76. The molecule has 8 unspecified atom stereocenters. The van der Waals surface area contributed by atoms with Gasteiger partial charge in [-0.3, -0.25) is 0 Å². The SMILES string of the molecule is CCCC1CC(S(C)(C)C2C(C)C(C)C(C)C2C)C2CCCCC12. The zero-order chi connectivity index (χ0) is 17.6. The van der Waals surface area contributed by atoms with Gasteiger partial charge in [0.15, 0.2) is 0 Å². The topological polar surface area (TPSA) is 0 Å². The highest BCUT2D eigenvalue weighted by Crippen LogP contribution is 2.68. The number of hydrogen-bond donors (Lipinski definition) is 0. The van der Waals surface area contributed by atoms with Gasteiger partial charge in [0.1, 0.15) is 0 Å². The van der Waals surface area contributed by atoms with Crippen molar-refractivity contribution >= 4 is 10.0 Å². The maximum Gasteiger partial charge on any atom is -0.00575 e. The minimum Gasteiger partial charge on any atom is -0.240 e. The molecule has 1 heteroatoms. The highest BCUT2D eigenvalue weighted by molar-refractivity contribution is 8.33. The van der Waals surface area contributed by atoms with E-state index in [2.05, 4.69) is 47.1 Å². The molecular formula is C23H44S. The predicted molar refractivity (Wildman–Crippen MR) is 112 cm³/mol. The van der Waals surface area contributed by atoms with Gasteiger partial charge in [-0.25, -0.2) is 10.0 Å². The Morgan fingerprint density at radius 1 is 0.792 bits per heavy atom. The van der Waals surface area contributed by atoms with E-state index in [1.165, 1.54) is 25.7 Å². The molecule has 3 aliphatic carbocycles. The van der Waals surface area contributed by atoms with E-state index in [4.69, 9.17) is 0 Å². The van der Waals surface area contributed by atoms with Crippen molar-refractivity contribution in [1.29, 1.82) is 0 Å². The maximum atomic E-state index is 2.76. The lowest BCUT2D eigenvalue weighted by Crippen LogP contribution is -2.36. The van der Waals surface area contributed by atoms with Crippen LogP contribution in [0, 0.1) is 41.4 Å². The molecule has 0 N–H and O–H groups in total. The largest absolute Gasteiger partial charge is 0.240 e. The van der Waals surface area contributed by atoms with Crippen LogP contribution in [-0.2, 0) is 0 Å². The van der Waals surface area contributed by atoms with E-state index in [1.54, 1.807) is 19.3 Å². The summed E-state index contributed by atoms with van der Waals surface area (Å²) in [6.07, 6.45) is 16.2. The van der Waals surface area contributed by atoms with E-state index in [-0.39, 0.29) is 0 Å². The molecule has 0 radical (unpaired) electrons. The van der Waals surface area contributed by atoms with Crippen molar-refractivity contribution in [3.8, 4) is 0 Å². The third-order valence-electron chi connectivity index (χ3n) is 9.16. The lowest BCUT2D eigenvalue weighted by atomic mass is 9.77. The highest BCUT2D eigenvalue weighted by Gasteiger charge is 2.54. The summed E-state index contributed by atoms with van der Waals surface area (Å²) < 4.78 is 0. The summed E-state index contributed by atoms with van der Waals surface area (Å²) in [6, 6.07) is 0. The average molecular weight is 353 g/mol. The second-order valence-electron chi connectivity index (χ2n) is 10.3. The van der Waals surface area contributed by atoms with Crippen LogP contribution in [0.2, 0.25) is 0 Å². The lowest BCUT2D eigenvalue weighted by Gasteiger charge is -2.51. The van der Waals surface area contributed by atoms with E-state index >= 15 is 0 Å². The Hall–Kier alpha value is 0.350. The Balaban J connectivity index is 1.85. The first-order chi connectivity index (χ1) is 11.3. The second kappa shape index (κ2) is 7.16. The molecule has 3 aliphatic rings. The fourth-order valence-corrected chi connectivity index (χ4v) is 12.7. The molecule has 142 valence electrons. The summed E-state index contributed by atoms with van der Waals surface area (Å²) in [4.78, 5) is 0. The van der Waals surface area contributed by atoms with Crippen LogP contribution in [-0.4, -0.2) is 23.0 Å². The molecule has 0 nitrogen and oxygen atoms in total. The Labute approximate surface area is 154 Å². The van der Waals surface area contributed by atoms with Gasteiger partial charge in [-0.1, -0.05) is 60.3 Å². The van der Waals surface area contributed by atoms with Gasteiger partial charge >= 0.3 is 0 Å². The number of fused-ring (bicyclic) bond motifs is 1. The molecule has 0 spiro atoms. The molecule has 3 rings (SSSR count). The fourth-order valence-electron chi connectivity index (χ4n) is 7.63. The first-order valence-electron chi connectivity index (χ1n) is 11.0. The van der Waals surface area contributed by atoms with Crippen LogP contribution < -0.4 is 0 Å². The standard InChI is InChI=1S/C23H44S/c1-8-11-19-14-22(21-13-10-9-12-20(19)21)24(6,7)23-17(4)15(2)16(3)18(23)5/h15-23H,8-14H2,1-7H3. The molecule has 8 atom stereocenters. The van der Waals surface area contributed by atoms with Gasteiger partial charge in [-0.2, -0.15) is 0 Å². The minimum absolute atomic E-state index is 0.524. The van der Waals surface area contributed by atoms with Crippen molar-refractivity contribution in [3.63, 3.8) is 0 Å². The molecule has 3 saturated carbocycles. The Bertz CT molecular complexity index is 414. The number of rotatable bonds is 4. The minimum atomic E-state index is -0.524. The van der Waals surface area contributed by atoms with Crippen molar-refractivity contribution in [2.45, 2.75) is 90.1 Å². The molecule has 0 heterocycles. The van der Waals surface area contributed by atoms with Crippen molar-refractivity contribution in [2.75, 3.05) is 12.5 Å². The van der Waals surface area contributed by atoms with Crippen LogP contribution in [0.3, 0.4) is 0 Å². The normalized spacial score (nSPS) is 50.0. The molecular weight excluding hydrogens is 308 g/mol. The second-order valence-corrected chi connectivity index (χ2v) is 14.4. The van der Waals surface area contributed by atoms with Crippen LogP contribution in [0.4, 0.5) is 0 Å². The Morgan fingerprint density at radius 2 is 1.33 bits per heavy atom. The van der Waals surface area contributed by atoms with Gasteiger partial charge in [0.05, 0.1) is 0 Å². The van der Waals surface area contributed by atoms with E-state index < -0.39 is 10.0 Å². The van der Waals surface area contributed by atoms with Gasteiger partial charge in [-0.15, -0.1) is 0 Å². The quantitative estimate of drug-likeness (QED) is 0.512. The van der Waals surface area contributed by atoms with Crippen molar-refractivity contribution < 1.29 is 0 Å². The molecule has 3 fully saturated rings. The van der Waals surface area contributed by atoms with Crippen LogP contribution in [0.5, 0.6) is 0 Å². The summed E-state index contributed by atoms with van der Waals surface area (Å²) in [5.74, 6) is 6.97. The van der Waals surface area contributed by atoms with Crippen molar-refractivity contribution in [2.24, 2.45) is 41.4 Å². The molecule has 0 aromatic rings. The van der Waals surface area contributed by atoms with E-state index in [9.17, 15) is 0 Å². The first kappa shape index (κ1) is 19.1. The zero-order valence-electron chi connectivity index (χ0n) is 17.6. The van der Waals surface area contributed by atoms with Gasteiger partial charge in [0.2, 0.25) is 0 Å². The summed E-state index contributed by atoms with van der Waals surface area (Å²) in [5.41, 5.74) is 0. The van der Waals surface area contributed by atoms with Gasteiger partial charge in [-0.05, 0) is 83.7 Å². The number of hydrogen-bond acceptors (Lipinski definition) is 0. The van der Waals surface area contributed by atoms with Crippen LogP contribution >= 0.6 is 10.0 Å². The molecule has 24 heavy (non-hydrogen) atoms. The van der Waals surface area contributed by atoms with Crippen LogP contribution in [0.25, 0.3) is 0 Å². The molecule has 0 amide bonds. The van der Waals surface area contributed by atoms with Gasteiger partial charge in [0, 0.05) is 0 Å². The predicted octanol–water partition coefficient (Wildman–Crippen LogP) is 6.97. The van der Waals surface area contributed by atoms with Crippen LogP contribution in [0.1, 0.15) is 79.6 Å². The van der Waals surface area contributed by atoms with E-state index in [1.807, 2.05) is 0 Å². The summed E-state index contributed by atoms with van der Waals surface area (Å²) >= 11 is 0. The average Bonchev–Trinajstić information content (AvgIpc) is 3.01. The lowest BCUT2D eigenvalue weighted by molar-refractivity contribution is 0.221. The van der Waals surface area contributed by atoms with Gasteiger partial charge in [0.25, 0.3) is 0 Å². The smallest absolute Gasteiger partial charge is 0.00575 e. The van der Waals surface area contributed by atoms with Crippen molar-refractivity contribution in [1.82, 2.24) is 0 Å². The van der Waals surface area contributed by atoms with Crippen LogP contribution in [0.15, 0.2) is 0 Å². The monoisotopic (exact) mass is 352 g/mol. The van der Waals surface area contributed by atoms with E-state index in [0.29, 0.717) is 0 Å². The summed E-state index contributed by atoms with van der Waals surface area (Å²) in [6.45, 7) is 12.7. The summed E-state index contributed by atoms with van der Waals surface area (Å²) in [7, 11) is -0.524. The molecule has 0 aliphatic heterocycles. The fraction of sp³-hybridized carbons (Fsp3) is 1.00. The van der Waals surface area contributed by atoms with E-state index in [0.717, 1.165) is 51.9 Å². The molecule has 0 aromatic heterocycles. The Kier molecular flexibility index (Phi) is 5.71. The zero-order valence-corrected chi connectivity index (χ0v) is 18.4. The molecule has 0 bridgehead atoms.